The van der Waals surface area contributed by atoms with Crippen molar-refractivity contribution in [2.24, 2.45) is 0 Å². The molecule has 216 valence electrons. The predicted molar refractivity (Wildman–Crippen MR) is 152 cm³/mol. The van der Waals surface area contributed by atoms with Crippen LogP contribution in [-0.2, 0) is 16.7 Å². The van der Waals surface area contributed by atoms with Gasteiger partial charge in [-0.25, -0.2) is 9.59 Å². The van der Waals surface area contributed by atoms with E-state index in [-0.39, 0.29) is 24.3 Å². The van der Waals surface area contributed by atoms with Gasteiger partial charge in [0.15, 0.2) is 6.54 Å². The number of hydrogen-bond donors (Lipinski definition) is 3. The minimum absolute atomic E-state index is 0.110. The lowest BCUT2D eigenvalue weighted by molar-refractivity contribution is -0.645. The molecule has 0 saturated carbocycles. The highest BCUT2D eigenvalue weighted by Gasteiger charge is 2.27. The Morgan fingerprint density at radius 3 is 1.88 bits per heavy atom. The van der Waals surface area contributed by atoms with Crippen LogP contribution < -0.4 is 14.1 Å². The van der Waals surface area contributed by atoms with Crippen molar-refractivity contribution in [3.63, 3.8) is 0 Å². The fourth-order valence-corrected chi connectivity index (χ4v) is 5.48. The van der Waals surface area contributed by atoms with Gasteiger partial charge in [-0.3, -0.25) is 4.55 Å². The number of esters is 1. The fraction of sp³-hybridized carbons (Fsp3) is 0.167. The van der Waals surface area contributed by atoms with Crippen molar-refractivity contribution < 1.29 is 46.9 Å². The van der Waals surface area contributed by atoms with Gasteiger partial charge in [-0.05, 0) is 49.2 Å². The van der Waals surface area contributed by atoms with Crippen molar-refractivity contribution in [2.45, 2.75) is 26.8 Å². The van der Waals surface area contributed by atoms with Gasteiger partial charge < -0.3 is 19.8 Å². The number of carbonyl (C=O) groups is 2. The zero-order valence-electron chi connectivity index (χ0n) is 22.6. The molecule has 0 unspecified atom stereocenters. The van der Waals surface area contributed by atoms with E-state index < -0.39 is 39.6 Å². The maximum absolute atomic E-state index is 13.8. The molecule has 0 aliphatic heterocycles. The van der Waals surface area contributed by atoms with Crippen LogP contribution in [0.1, 0.15) is 38.3 Å². The van der Waals surface area contributed by atoms with Crippen molar-refractivity contribution in [2.75, 3.05) is 5.75 Å². The Bertz CT molecular complexity index is 1880. The first-order valence-electron chi connectivity index (χ1n) is 12.9. The number of para-hydroxylation sites is 2. The van der Waals surface area contributed by atoms with Gasteiger partial charge in [0, 0.05) is 30.7 Å². The molecule has 3 N–H and O–H groups in total. The van der Waals surface area contributed by atoms with Crippen LogP contribution in [0, 0.1) is 13.8 Å². The zero-order chi connectivity index (χ0) is 30.2. The maximum Gasteiger partial charge on any atom is 0.363 e. The number of fused-ring (bicyclic) bond motifs is 2. The number of pyridine rings is 1. The van der Waals surface area contributed by atoms with Gasteiger partial charge in [-0.2, -0.15) is 13.0 Å². The van der Waals surface area contributed by atoms with Crippen molar-refractivity contribution in [3.8, 4) is 17.5 Å². The number of aromatic nitrogens is 2. The lowest BCUT2D eigenvalue weighted by Gasteiger charge is -2.15. The summed E-state index contributed by atoms with van der Waals surface area (Å²) in [6, 6.07) is 19.7. The summed E-state index contributed by atoms with van der Waals surface area (Å²) in [7, 11) is -4.13. The number of carbonyl (C=O) groups excluding carboxylic acids is 2. The number of ether oxygens (including phenoxy) is 1. The molecule has 11 nitrogen and oxygen atoms in total. The van der Waals surface area contributed by atoms with Crippen molar-refractivity contribution in [1.82, 2.24) is 4.73 Å². The van der Waals surface area contributed by atoms with Crippen LogP contribution >= 0.6 is 0 Å². The summed E-state index contributed by atoms with van der Waals surface area (Å²) < 4.78 is 40.3. The standard InChI is InChI=1S/C30H26N2O9S/c1-18-16-20(29(35)41-32-25(33)12-13-26(32)34)17-19(2)28(18)40-30(36)27-21-8-3-5-10-23(21)31(14-7-15-42(37,38)39)24-11-6-4-9-22(24)27/h3-6,8-13,16-17H,7,14-15H2,1-2H3,(H2,36,37,38,39)/p+1. The molecule has 0 saturated heterocycles. The first-order chi connectivity index (χ1) is 19.9. The quantitative estimate of drug-likeness (QED) is 0.0801. The smallest absolute Gasteiger partial charge is 0.363 e. The minimum atomic E-state index is -4.13. The van der Waals surface area contributed by atoms with Gasteiger partial charge in [-0.1, -0.05) is 24.3 Å². The number of rotatable bonds is 8. The van der Waals surface area contributed by atoms with E-state index in [1.807, 2.05) is 28.8 Å². The molecule has 0 aliphatic rings. The van der Waals surface area contributed by atoms with E-state index in [0.29, 0.717) is 43.2 Å². The summed E-state index contributed by atoms with van der Waals surface area (Å²) in [5, 5.41) is 20.7. The van der Waals surface area contributed by atoms with Crippen molar-refractivity contribution in [1.29, 1.82) is 0 Å². The minimum Gasteiger partial charge on any atom is -0.492 e. The first-order valence-corrected chi connectivity index (χ1v) is 14.5. The third-order valence-corrected chi connectivity index (χ3v) is 7.58. The average molecular weight is 592 g/mol. The summed E-state index contributed by atoms with van der Waals surface area (Å²) in [6.45, 7) is 3.62. The Labute approximate surface area is 240 Å². The van der Waals surface area contributed by atoms with Gasteiger partial charge >= 0.3 is 11.9 Å². The summed E-state index contributed by atoms with van der Waals surface area (Å²) >= 11 is 0. The van der Waals surface area contributed by atoms with Crippen LogP contribution in [0.2, 0.25) is 0 Å². The summed E-state index contributed by atoms with van der Waals surface area (Å²) in [5.74, 6) is -2.54. The molecule has 12 heteroatoms. The molecule has 0 fully saturated rings. The summed E-state index contributed by atoms with van der Waals surface area (Å²) in [5.41, 5.74) is 2.73. The van der Waals surface area contributed by atoms with E-state index in [9.17, 15) is 32.8 Å². The third kappa shape index (κ3) is 5.62. The first kappa shape index (κ1) is 28.6. The van der Waals surface area contributed by atoms with E-state index >= 15 is 0 Å². The largest absolute Gasteiger partial charge is 0.492 e. The predicted octanol–water partition coefficient (Wildman–Crippen LogP) is 3.88. The Balaban J connectivity index is 1.51. The second kappa shape index (κ2) is 11.1. The monoisotopic (exact) mass is 591 g/mol. The summed E-state index contributed by atoms with van der Waals surface area (Å²) in [4.78, 5) is 31.6. The van der Waals surface area contributed by atoms with E-state index in [0.717, 1.165) is 0 Å². The molecule has 2 heterocycles. The normalized spacial score (nSPS) is 11.6. The van der Waals surface area contributed by atoms with E-state index in [1.54, 1.807) is 38.1 Å². The van der Waals surface area contributed by atoms with Crippen LogP contribution in [-0.4, -0.2) is 45.6 Å². The topological polar surface area (TPSA) is 156 Å². The van der Waals surface area contributed by atoms with Crippen molar-refractivity contribution >= 4 is 43.9 Å². The molecule has 0 amide bonds. The maximum atomic E-state index is 13.8. The Morgan fingerprint density at radius 1 is 0.833 bits per heavy atom. The SMILES string of the molecule is Cc1cc(C(=O)On2c(O)ccc2O)cc(C)c1OC(=O)c1c2ccccc2[n+](CCCS(=O)(=O)O)c2ccccc12. The highest BCUT2D eigenvalue weighted by molar-refractivity contribution is 7.85. The Kier molecular flexibility index (Phi) is 7.59. The fourth-order valence-electron chi connectivity index (χ4n) is 4.99. The molecule has 0 spiro atoms. The Hall–Kier alpha value is -4.94. The van der Waals surface area contributed by atoms with Crippen LogP contribution in [0.4, 0.5) is 0 Å². The molecule has 0 radical (unpaired) electrons. The van der Waals surface area contributed by atoms with Crippen LogP contribution in [0.3, 0.4) is 0 Å². The molecule has 5 aromatic rings. The molecule has 0 atom stereocenters. The van der Waals surface area contributed by atoms with E-state index in [4.69, 9.17) is 9.57 Å². The number of hydrogen-bond acceptors (Lipinski definition) is 8. The molecular formula is C30H27N2O9S+. The van der Waals surface area contributed by atoms with Gasteiger partial charge in [0.25, 0.3) is 10.1 Å². The third-order valence-electron chi connectivity index (χ3n) is 6.78. The number of aryl methyl sites for hydroxylation is 3. The van der Waals surface area contributed by atoms with Gasteiger partial charge in [0.1, 0.15) is 5.75 Å². The molecule has 42 heavy (non-hydrogen) atoms. The van der Waals surface area contributed by atoms with E-state index in [1.165, 1.54) is 24.3 Å². The van der Waals surface area contributed by atoms with Crippen molar-refractivity contribution in [3.05, 3.63) is 95.1 Å². The number of benzene rings is 3. The average Bonchev–Trinajstić information content (AvgIpc) is 3.25. The number of aromatic hydroxyl groups is 2. The number of nitrogens with zero attached hydrogens (tertiary/aromatic N) is 2. The highest BCUT2D eigenvalue weighted by atomic mass is 32.2. The Morgan fingerprint density at radius 2 is 1.36 bits per heavy atom. The molecule has 0 aliphatic carbocycles. The molecular weight excluding hydrogens is 564 g/mol. The second-order valence-corrected chi connectivity index (χ2v) is 11.3. The van der Waals surface area contributed by atoms with Crippen LogP contribution in [0.25, 0.3) is 21.8 Å². The lowest BCUT2D eigenvalue weighted by atomic mass is 10.0. The van der Waals surface area contributed by atoms with Crippen LogP contribution in [0.5, 0.6) is 17.5 Å². The molecule has 2 aromatic heterocycles. The van der Waals surface area contributed by atoms with Gasteiger partial charge in [0.05, 0.1) is 27.7 Å². The zero-order valence-corrected chi connectivity index (χ0v) is 23.5. The summed E-state index contributed by atoms with van der Waals surface area (Å²) in [6.07, 6.45) is 0.165. The highest BCUT2D eigenvalue weighted by Crippen LogP contribution is 2.30. The molecule has 3 aromatic carbocycles. The van der Waals surface area contributed by atoms with Gasteiger partial charge in [-0.15, -0.1) is 4.73 Å². The molecule has 0 bridgehead atoms. The van der Waals surface area contributed by atoms with Gasteiger partial charge in [0.2, 0.25) is 22.8 Å². The van der Waals surface area contributed by atoms with E-state index in [2.05, 4.69) is 0 Å². The van der Waals surface area contributed by atoms with Crippen LogP contribution in [0.15, 0.2) is 72.8 Å². The molecule has 5 rings (SSSR count). The second-order valence-electron chi connectivity index (χ2n) is 9.75. The lowest BCUT2D eigenvalue weighted by Crippen LogP contribution is -2.37.